The van der Waals surface area contributed by atoms with Crippen molar-refractivity contribution in [1.82, 2.24) is 14.5 Å². The monoisotopic (exact) mass is 507 g/mol. The maximum absolute atomic E-state index is 14.2. The number of rotatable bonds is 5. The minimum Gasteiger partial charge on any atom is -0.292 e. The van der Waals surface area contributed by atoms with Crippen LogP contribution in [0.3, 0.4) is 0 Å². The number of hydrogen-bond acceptors (Lipinski definition) is 3. The molecule has 5 rings (SSSR count). The number of hydrogen-bond donors (Lipinski definition) is 0. The number of alkyl halides is 3. The van der Waals surface area contributed by atoms with Crippen LogP contribution >= 0.6 is 0 Å². The lowest BCUT2D eigenvalue weighted by molar-refractivity contribution is -0.140. The molecule has 1 unspecified atom stereocenters. The van der Waals surface area contributed by atoms with Crippen molar-refractivity contribution >= 4 is 0 Å². The maximum atomic E-state index is 14.2. The summed E-state index contributed by atoms with van der Waals surface area (Å²) < 4.78 is 54.9. The van der Waals surface area contributed by atoms with Gasteiger partial charge in [-0.3, -0.25) is 14.3 Å². The molecule has 1 atom stereocenters. The molecule has 0 bridgehead atoms. The van der Waals surface area contributed by atoms with E-state index in [-0.39, 0.29) is 18.1 Å². The molecule has 0 amide bonds. The van der Waals surface area contributed by atoms with Crippen LogP contribution in [0, 0.1) is 5.82 Å². The van der Waals surface area contributed by atoms with Crippen molar-refractivity contribution in [3.05, 3.63) is 135 Å². The molecule has 4 aromatic rings. The maximum Gasteiger partial charge on any atom is 0.419 e. The van der Waals surface area contributed by atoms with E-state index in [4.69, 9.17) is 0 Å². The Kier molecular flexibility index (Phi) is 6.69. The van der Waals surface area contributed by atoms with E-state index >= 15 is 0 Å². The lowest BCUT2D eigenvalue weighted by atomic mass is 9.97. The van der Waals surface area contributed by atoms with Crippen LogP contribution in [0.2, 0.25) is 0 Å². The molecule has 1 aliphatic heterocycles. The Morgan fingerprint density at radius 3 is 2.08 bits per heavy atom. The van der Waals surface area contributed by atoms with E-state index in [1.165, 1.54) is 6.07 Å². The van der Waals surface area contributed by atoms with Crippen molar-refractivity contribution in [2.75, 3.05) is 6.54 Å². The molecule has 190 valence electrons. The van der Waals surface area contributed by atoms with Gasteiger partial charge in [-0.05, 0) is 35.7 Å². The van der Waals surface area contributed by atoms with Crippen molar-refractivity contribution < 1.29 is 17.6 Å². The first-order valence-corrected chi connectivity index (χ1v) is 12.0. The number of nitrogens with zero attached hydrogens (tertiary/aromatic N) is 3. The van der Waals surface area contributed by atoms with E-state index in [1.807, 2.05) is 65.6 Å². The fraction of sp³-hybridized carbons (Fsp3) is 0.241. The Hall–Kier alpha value is -3.78. The molecule has 0 fully saturated rings. The predicted molar refractivity (Wildman–Crippen MR) is 133 cm³/mol. The Morgan fingerprint density at radius 2 is 1.51 bits per heavy atom. The highest BCUT2D eigenvalue weighted by atomic mass is 19.4. The summed E-state index contributed by atoms with van der Waals surface area (Å²) in [6, 6.07) is 21.7. The summed E-state index contributed by atoms with van der Waals surface area (Å²) in [7, 11) is 0. The predicted octanol–water partition coefficient (Wildman–Crippen LogP) is 6.16. The first-order chi connectivity index (χ1) is 17.7. The van der Waals surface area contributed by atoms with Crippen LogP contribution in [-0.2, 0) is 19.1 Å². The Balaban J connectivity index is 1.49. The third-order valence-corrected chi connectivity index (χ3v) is 7.01. The molecule has 0 radical (unpaired) electrons. The lowest BCUT2D eigenvalue weighted by Gasteiger charge is -2.34. The van der Waals surface area contributed by atoms with Gasteiger partial charge in [-0.15, -0.1) is 0 Å². The minimum atomic E-state index is -4.75. The molecule has 4 nitrogen and oxygen atoms in total. The van der Waals surface area contributed by atoms with Crippen LogP contribution in [0.5, 0.6) is 0 Å². The van der Waals surface area contributed by atoms with Crippen LogP contribution in [0.15, 0.2) is 90.0 Å². The van der Waals surface area contributed by atoms with Crippen LogP contribution < -0.4 is 5.56 Å². The third-order valence-electron chi connectivity index (χ3n) is 7.01. The fourth-order valence-electron chi connectivity index (χ4n) is 4.98. The molecular formula is C29H25F4N3O. The summed E-state index contributed by atoms with van der Waals surface area (Å²) >= 11 is 0. The normalized spacial score (nSPS) is 15.0. The van der Waals surface area contributed by atoms with Gasteiger partial charge in [0.05, 0.1) is 29.2 Å². The molecule has 1 aromatic heterocycles. The summed E-state index contributed by atoms with van der Waals surface area (Å²) in [5.41, 5.74) is 2.11. The van der Waals surface area contributed by atoms with E-state index in [2.05, 4.69) is 4.98 Å². The largest absolute Gasteiger partial charge is 0.419 e. The zero-order valence-electron chi connectivity index (χ0n) is 20.1. The molecule has 0 aliphatic carbocycles. The number of benzene rings is 3. The van der Waals surface area contributed by atoms with Gasteiger partial charge in [-0.1, -0.05) is 66.7 Å². The molecule has 1 aliphatic rings. The molecule has 3 aromatic carbocycles. The number of aromatic nitrogens is 2. The van der Waals surface area contributed by atoms with E-state index in [1.54, 1.807) is 17.8 Å². The molecular weight excluding hydrogens is 482 g/mol. The molecule has 37 heavy (non-hydrogen) atoms. The summed E-state index contributed by atoms with van der Waals surface area (Å²) in [6.45, 7) is 2.62. The van der Waals surface area contributed by atoms with Gasteiger partial charge in [0.2, 0.25) is 0 Å². The van der Waals surface area contributed by atoms with Gasteiger partial charge >= 0.3 is 6.18 Å². The van der Waals surface area contributed by atoms with Crippen LogP contribution in [0.1, 0.15) is 52.5 Å². The fourth-order valence-corrected chi connectivity index (χ4v) is 4.98. The smallest absolute Gasteiger partial charge is 0.292 e. The number of fused-ring (bicyclic) bond motifs is 1. The second kappa shape index (κ2) is 9.94. The van der Waals surface area contributed by atoms with Gasteiger partial charge in [0.1, 0.15) is 5.82 Å². The van der Waals surface area contributed by atoms with E-state index in [0.29, 0.717) is 29.8 Å². The quantitative estimate of drug-likeness (QED) is 0.304. The average molecular weight is 508 g/mol. The molecule has 0 saturated carbocycles. The molecule has 8 heteroatoms. The van der Waals surface area contributed by atoms with Crippen LogP contribution in [-0.4, -0.2) is 21.0 Å². The van der Waals surface area contributed by atoms with Crippen molar-refractivity contribution in [1.29, 1.82) is 0 Å². The molecule has 0 N–H and O–H groups in total. The third kappa shape index (κ3) is 4.93. The summed E-state index contributed by atoms with van der Waals surface area (Å²) in [5, 5.41) is 0. The molecule has 2 heterocycles. The van der Waals surface area contributed by atoms with Gasteiger partial charge in [-0.2, -0.15) is 13.2 Å². The zero-order valence-corrected chi connectivity index (χ0v) is 20.1. The van der Waals surface area contributed by atoms with E-state index in [9.17, 15) is 22.4 Å². The number of halogens is 4. The van der Waals surface area contributed by atoms with Crippen molar-refractivity contribution in [3.8, 4) is 0 Å². The minimum absolute atomic E-state index is 0.168. The highest BCUT2D eigenvalue weighted by Crippen LogP contribution is 2.34. The summed E-state index contributed by atoms with van der Waals surface area (Å²) in [6.07, 6.45) is -2.64. The second-order valence-electron chi connectivity index (χ2n) is 9.24. The first kappa shape index (κ1) is 24.9. The standard InChI is InChI=1S/C29H25F4N3O/c1-19(22-12-13-24(25(30)16-22)29(31,32)33)35-15-14-26-23(17-35)28(37)36(18-34-26)27(20-8-4-2-5-9-20)21-10-6-3-7-11-21/h2-13,16,18-19,27H,14-15,17H2,1H3. The van der Waals surface area contributed by atoms with Gasteiger partial charge < -0.3 is 0 Å². The van der Waals surface area contributed by atoms with Gasteiger partial charge in [0.15, 0.2) is 0 Å². The van der Waals surface area contributed by atoms with Gasteiger partial charge in [0.25, 0.3) is 5.56 Å². The Morgan fingerprint density at radius 1 is 0.892 bits per heavy atom. The average Bonchev–Trinajstić information content (AvgIpc) is 2.90. The highest BCUT2D eigenvalue weighted by molar-refractivity contribution is 5.34. The van der Waals surface area contributed by atoms with Crippen LogP contribution in [0.25, 0.3) is 0 Å². The SMILES string of the molecule is CC(c1ccc(C(F)(F)F)c(F)c1)N1CCc2ncn(C(c3ccccc3)c3ccccc3)c(=O)c2C1. The molecule has 0 spiro atoms. The topological polar surface area (TPSA) is 38.1 Å². The Labute approximate surface area is 211 Å². The lowest BCUT2D eigenvalue weighted by Crippen LogP contribution is -2.40. The van der Waals surface area contributed by atoms with Crippen molar-refractivity contribution in [2.24, 2.45) is 0 Å². The van der Waals surface area contributed by atoms with Gasteiger partial charge in [-0.25, -0.2) is 9.37 Å². The van der Waals surface area contributed by atoms with Crippen molar-refractivity contribution in [3.63, 3.8) is 0 Å². The molecule has 0 saturated heterocycles. The van der Waals surface area contributed by atoms with Crippen molar-refractivity contribution in [2.45, 2.75) is 38.1 Å². The van der Waals surface area contributed by atoms with E-state index in [0.717, 1.165) is 23.3 Å². The summed E-state index contributed by atoms with van der Waals surface area (Å²) in [4.78, 5) is 20.4. The zero-order chi connectivity index (χ0) is 26.2. The van der Waals surface area contributed by atoms with Gasteiger partial charge in [0, 0.05) is 25.6 Å². The Bertz CT molecular complexity index is 1410. The highest BCUT2D eigenvalue weighted by Gasteiger charge is 2.35. The second-order valence-corrected chi connectivity index (χ2v) is 9.24. The van der Waals surface area contributed by atoms with Crippen LogP contribution in [0.4, 0.5) is 17.6 Å². The van der Waals surface area contributed by atoms with E-state index < -0.39 is 23.6 Å². The first-order valence-electron chi connectivity index (χ1n) is 12.0. The summed E-state index contributed by atoms with van der Waals surface area (Å²) in [5.74, 6) is -1.30.